The van der Waals surface area contributed by atoms with Crippen LogP contribution in [0.15, 0.2) is 24.3 Å². The molecule has 0 amide bonds. The Morgan fingerprint density at radius 3 is 2.50 bits per heavy atom. The van der Waals surface area contributed by atoms with E-state index in [0.29, 0.717) is 0 Å². The first kappa shape index (κ1) is 9.11. The molecule has 1 radical (unpaired) electrons. The topological polar surface area (TPSA) is 12.0 Å². The zero-order valence-corrected chi connectivity index (χ0v) is 7.64. The standard InChI is InChI=1S/C11H16N/c1-3-4-9-12-11-7-5-10(2)6-8-11/h5-8,12H,2-4,9H2,1H3. The summed E-state index contributed by atoms with van der Waals surface area (Å²) in [5.74, 6) is 0. The minimum Gasteiger partial charge on any atom is -0.385 e. The van der Waals surface area contributed by atoms with E-state index < -0.39 is 0 Å². The Bertz CT molecular complexity index is 213. The second kappa shape index (κ2) is 4.81. The lowest BCUT2D eigenvalue weighted by Crippen LogP contribution is -2.00. The Labute approximate surface area is 74.8 Å². The van der Waals surface area contributed by atoms with E-state index in [0.717, 1.165) is 12.1 Å². The summed E-state index contributed by atoms with van der Waals surface area (Å²) in [5.41, 5.74) is 2.26. The monoisotopic (exact) mass is 162 g/mol. The Morgan fingerprint density at radius 1 is 1.25 bits per heavy atom. The molecule has 12 heavy (non-hydrogen) atoms. The summed E-state index contributed by atoms with van der Waals surface area (Å²) in [6, 6.07) is 8.18. The van der Waals surface area contributed by atoms with Gasteiger partial charge in [-0.3, -0.25) is 0 Å². The molecule has 65 valence electrons. The van der Waals surface area contributed by atoms with Crippen molar-refractivity contribution in [2.24, 2.45) is 0 Å². The molecule has 0 unspecified atom stereocenters. The van der Waals surface area contributed by atoms with Crippen LogP contribution in [0.1, 0.15) is 25.3 Å². The molecule has 1 heteroatoms. The van der Waals surface area contributed by atoms with Crippen molar-refractivity contribution in [3.8, 4) is 0 Å². The number of hydrogen-bond acceptors (Lipinski definition) is 1. The van der Waals surface area contributed by atoms with Crippen LogP contribution in [0.25, 0.3) is 0 Å². The van der Waals surface area contributed by atoms with E-state index in [1.165, 1.54) is 18.5 Å². The molecule has 0 aliphatic rings. The van der Waals surface area contributed by atoms with Gasteiger partial charge in [-0.15, -0.1) is 0 Å². The number of unbranched alkanes of at least 4 members (excludes halogenated alkanes) is 1. The largest absolute Gasteiger partial charge is 0.385 e. The maximum absolute atomic E-state index is 3.83. The summed E-state index contributed by atoms with van der Waals surface area (Å²) in [4.78, 5) is 0. The van der Waals surface area contributed by atoms with E-state index in [1.807, 2.05) is 12.1 Å². The molecule has 0 aliphatic heterocycles. The van der Waals surface area contributed by atoms with Gasteiger partial charge in [-0.25, -0.2) is 0 Å². The second-order valence-electron chi connectivity index (χ2n) is 2.98. The number of nitrogens with one attached hydrogen (secondary N) is 1. The number of anilines is 1. The normalized spacial score (nSPS) is 9.83. The molecule has 0 heterocycles. The molecule has 1 N–H and O–H groups in total. The molecule has 0 atom stereocenters. The third-order valence-corrected chi connectivity index (χ3v) is 1.81. The second-order valence-corrected chi connectivity index (χ2v) is 2.98. The third-order valence-electron chi connectivity index (χ3n) is 1.81. The van der Waals surface area contributed by atoms with Crippen molar-refractivity contribution in [2.75, 3.05) is 11.9 Å². The first-order chi connectivity index (χ1) is 5.83. The van der Waals surface area contributed by atoms with Gasteiger partial charge < -0.3 is 5.32 Å². The Hall–Kier alpha value is -0.980. The van der Waals surface area contributed by atoms with Crippen LogP contribution in [0.5, 0.6) is 0 Å². The lowest BCUT2D eigenvalue weighted by atomic mass is 10.2. The molecule has 1 nitrogen and oxygen atoms in total. The molecule has 1 rings (SSSR count). The van der Waals surface area contributed by atoms with Crippen molar-refractivity contribution >= 4 is 5.69 Å². The predicted molar refractivity (Wildman–Crippen MR) is 54.3 cm³/mol. The highest BCUT2D eigenvalue weighted by Crippen LogP contribution is 2.08. The van der Waals surface area contributed by atoms with Crippen LogP contribution < -0.4 is 5.32 Å². The highest BCUT2D eigenvalue weighted by molar-refractivity contribution is 5.44. The Balaban J connectivity index is 2.37. The van der Waals surface area contributed by atoms with Gasteiger partial charge >= 0.3 is 0 Å². The molecule has 1 aromatic carbocycles. The number of hydrogen-bond donors (Lipinski definition) is 1. The maximum atomic E-state index is 3.83. The first-order valence-corrected chi connectivity index (χ1v) is 4.49. The van der Waals surface area contributed by atoms with Crippen molar-refractivity contribution in [2.45, 2.75) is 19.8 Å². The molecule has 0 saturated carbocycles. The highest BCUT2D eigenvalue weighted by atomic mass is 14.9. The van der Waals surface area contributed by atoms with Crippen LogP contribution in [-0.4, -0.2) is 6.54 Å². The van der Waals surface area contributed by atoms with Crippen LogP contribution in [-0.2, 0) is 0 Å². The lowest BCUT2D eigenvalue weighted by Gasteiger charge is -2.04. The van der Waals surface area contributed by atoms with Gasteiger partial charge in [0.2, 0.25) is 0 Å². The molecule has 0 spiro atoms. The maximum Gasteiger partial charge on any atom is 0.0340 e. The molecule has 0 aliphatic carbocycles. The summed E-state index contributed by atoms with van der Waals surface area (Å²) in [6.07, 6.45) is 2.46. The lowest BCUT2D eigenvalue weighted by molar-refractivity contribution is 0.834. The van der Waals surface area contributed by atoms with E-state index >= 15 is 0 Å². The molecule has 0 aromatic heterocycles. The predicted octanol–water partition coefficient (Wildman–Crippen LogP) is 3.08. The van der Waals surface area contributed by atoms with Crippen molar-refractivity contribution in [1.29, 1.82) is 0 Å². The zero-order valence-electron chi connectivity index (χ0n) is 7.64. The van der Waals surface area contributed by atoms with E-state index in [1.54, 1.807) is 0 Å². The SMILES string of the molecule is [CH2]c1ccc(NCCCC)cc1. The fourth-order valence-electron chi connectivity index (χ4n) is 1.03. The van der Waals surface area contributed by atoms with E-state index in [2.05, 4.69) is 31.3 Å². The van der Waals surface area contributed by atoms with Crippen LogP contribution in [0.4, 0.5) is 5.69 Å². The zero-order chi connectivity index (χ0) is 8.81. The highest BCUT2D eigenvalue weighted by Gasteiger charge is 1.89. The molecule has 0 fully saturated rings. The van der Waals surface area contributed by atoms with Gasteiger partial charge in [0.1, 0.15) is 0 Å². The minimum absolute atomic E-state index is 1.06. The number of benzene rings is 1. The summed E-state index contributed by atoms with van der Waals surface area (Å²) < 4.78 is 0. The fraction of sp³-hybridized carbons (Fsp3) is 0.364. The van der Waals surface area contributed by atoms with E-state index in [9.17, 15) is 0 Å². The van der Waals surface area contributed by atoms with Gasteiger partial charge in [0, 0.05) is 12.2 Å². The van der Waals surface area contributed by atoms with Gasteiger partial charge in [-0.2, -0.15) is 0 Å². The molecule has 0 bridgehead atoms. The van der Waals surface area contributed by atoms with E-state index in [4.69, 9.17) is 0 Å². The summed E-state index contributed by atoms with van der Waals surface area (Å²) in [6.45, 7) is 7.09. The third kappa shape index (κ3) is 2.95. The molecular formula is C11H16N. The van der Waals surface area contributed by atoms with E-state index in [-0.39, 0.29) is 0 Å². The van der Waals surface area contributed by atoms with Gasteiger partial charge in [0.05, 0.1) is 0 Å². The number of rotatable bonds is 4. The molecule has 1 aromatic rings. The summed E-state index contributed by atoms with van der Waals surface area (Å²) in [7, 11) is 0. The summed E-state index contributed by atoms with van der Waals surface area (Å²) in [5, 5.41) is 3.34. The van der Waals surface area contributed by atoms with Gasteiger partial charge in [0.25, 0.3) is 0 Å². The van der Waals surface area contributed by atoms with Crippen LogP contribution in [0, 0.1) is 6.92 Å². The van der Waals surface area contributed by atoms with Gasteiger partial charge in [0.15, 0.2) is 0 Å². The van der Waals surface area contributed by atoms with Gasteiger partial charge in [-0.1, -0.05) is 25.5 Å². The van der Waals surface area contributed by atoms with Crippen molar-refractivity contribution < 1.29 is 0 Å². The quantitative estimate of drug-likeness (QED) is 0.671. The average molecular weight is 162 g/mol. The first-order valence-electron chi connectivity index (χ1n) is 4.49. The van der Waals surface area contributed by atoms with Crippen molar-refractivity contribution in [3.05, 3.63) is 36.8 Å². The fourth-order valence-corrected chi connectivity index (χ4v) is 1.03. The molecular weight excluding hydrogens is 146 g/mol. The van der Waals surface area contributed by atoms with Crippen LogP contribution in [0.2, 0.25) is 0 Å². The molecule has 0 saturated heterocycles. The Kier molecular flexibility index (Phi) is 3.65. The minimum atomic E-state index is 1.06. The van der Waals surface area contributed by atoms with Crippen LogP contribution >= 0.6 is 0 Å². The summed E-state index contributed by atoms with van der Waals surface area (Å²) >= 11 is 0. The van der Waals surface area contributed by atoms with Crippen molar-refractivity contribution in [3.63, 3.8) is 0 Å². The van der Waals surface area contributed by atoms with Gasteiger partial charge in [-0.05, 0) is 31.0 Å². The van der Waals surface area contributed by atoms with Crippen LogP contribution in [0.3, 0.4) is 0 Å². The smallest absolute Gasteiger partial charge is 0.0340 e. The van der Waals surface area contributed by atoms with Crippen molar-refractivity contribution in [1.82, 2.24) is 0 Å². The Morgan fingerprint density at radius 2 is 1.92 bits per heavy atom. The average Bonchev–Trinajstić information content (AvgIpc) is 2.09.